The first-order valence-electron chi connectivity index (χ1n) is 6.93. The van der Waals surface area contributed by atoms with Crippen LogP contribution in [-0.4, -0.2) is 30.7 Å². The number of amides is 1. The second-order valence-corrected chi connectivity index (χ2v) is 5.40. The highest BCUT2D eigenvalue weighted by Crippen LogP contribution is 2.23. The summed E-state index contributed by atoms with van der Waals surface area (Å²) in [5.41, 5.74) is 3.52. The number of benzene rings is 1. The van der Waals surface area contributed by atoms with Crippen LogP contribution in [0.4, 0.5) is 0 Å². The second kappa shape index (κ2) is 6.00. The van der Waals surface area contributed by atoms with E-state index in [1.807, 2.05) is 12.1 Å². The highest BCUT2D eigenvalue weighted by atomic mass is 16.2. The van der Waals surface area contributed by atoms with Crippen molar-refractivity contribution in [3.63, 3.8) is 0 Å². The summed E-state index contributed by atoms with van der Waals surface area (Å²) in [6.45, 7) is 0. The Bertz CT molecular complexity index is 492. The van der Waals surface area contributed by atoms with Crippen LogP contribution >= 0.6 is 0 Å². The molecule has 3 nitrogen and oxygen atoms in total. The summed E-state index contributed by atoms with van der Waals surface area (Å²) in [6, 6.07) is 6.05. The van der Waals surface area contributed by atoms with Gasteiger partial charge in [0.1, 0.15) is 0 Å². The number of aryl methyl sites for hydroxylation is 2. The first-order valence-corrected chi connectivity index (χ1v) is 6.93. The van der Waals surface area contributed by atoms with Gasteiger partial charge in [-0.1, -0.05) is 12.1 Å². The molecule has 1 aliphatic carbocycles. The van der Waals surface area contributed by atoms with Crippen LogP contribution in [0, 0.1) is 0 Å². The molecule has 1 amide bonds. The lowest BCUT2D eigenvalue weighted by Gasteiger charge is -2.09. The van der Waals surface area contributed by atoms with Crippen LogP contribution in [-0.2, 0) is 17.6 Å². The normalized spacial score (nSPS) is 13.2. The Morgan fingerprint density at radius 3 is 2.58 bits per heavy atom. The molecule has 0 N–H and O–H groups in total. The molecular formula is C16H21NO2. The minimum atomic E-state index is 0.0850. The predicted octanol–water partition coefficient (Wildman–Crippen LogP) is 2.62. The highest BCUT2D eigenvalue weighted by Gasteiger charge is 2.14. The van der Waals surface area contributed by atoms with E-state index in [0.29, 0.717) is 19.3 Å². The first-order chi connectivity index (χ1) is 9.08. The number of hydrogen-bond acceptors (Lipinski definition) is 2. The van der Waals surface area contributed by atoms with Crippen molar-refractivity contribution in [1.29, 1.82) is 0 Å². The van der Waals surface area contributed by atoms with Gasteiger partial charge in [-0.25, -0.2) is 0 Å². The molecule has 0 atom stereocenters. The molecule has 0 bridgehead atoms. The SMILES string of the molecule is CN(C)C(=O)CCCC(=O)c1ccc2c(c1)CCC2. The minimum Gasteiger partial charge on any atom is -0.349 e. The van der Waals surface area contributed by atoms with Crippen molar-refractivity contribution in [2.45, 2.75) is 38.5 Å². The molecule has 102 valence electrons. The van der Waals surface area contributed by atoms with Crippen LogP contribution in [0.3, 0.4) is 0 Å². The van der Waals surface area contributed by atoms with Gasteiger partial charge in [-0.15, -0.1) is 0 Å². The highest BCUT2D eigenvalue weighted by molar-refractivity contribution is 5.96. The summed E-state index contributed by atoms with van der Waals surface area (Å²) in [5, 5.41) is 0. The Morgan fingerprint density at radius 1 is 1.11 bits per heavy atom. The van der Waals surface area contributed by atoms with Gasteiger partial charge in [0.2, 0.25) is 5.91 Å². The fourth-order valence-corrected chi connectivity index (χ4v) is 2.51. The Balaban J connectivity index is 1.88. The van der Waals surface area contributed by atoms with Crippen LogP contribution in [0.5, 0.6) is 0 Å². The number of Topliss-reactive ketones (excluding diaryl/α,β-unsaturated/α-hetero) is 1. The van der Waals surface area contributed by atoms with Crippen LogP contribution < -0.4 is 0 Å². The van der Waals surface area contributed by atoms with Gasteiger partial charge in [0, 0.05) is 32.5 Å². The first kappa shape index (κ1) is 13.8. The molecule has 0 aromatic heterocycles. The van der Waals surface area contributed by atoms with Gasteiger partial charge >= 0.3 is 0 Å². The molecule has 0 radical (unpaired) electrons. The number of nitrogens with zero attached hydrogens (tertiary/aromatic N) is 1. The summed E-state index contributed by atoms with van der Waals surface area (Å²) < 4.78 is 0. The molecule has 19 heavy (non-hydrogen) atoms. The van der Waals surface area contributed by atoms with Crippen molar-refractivity contribution >= 4 is 11.7 Å². The molecule has 1 aromatic rings. The van der Waals surface area contributed by atoms with E-state index >= 15 is 0 Å². The average molecular weight is 259 g/mol. The van der Waals surface area contributed by atoms with Crippen molar-refractivity contribution < 1.29 is 9.59 Å². The predicted molar refractivity (Wildman–Crippen MR) is 75.3 cm³/mol. The zero-order valence-corrected chi connectivity index (χ0v) is 11.7. The summed E-state index contributed by atoms with van der Waals surface area (Å²) in [4.78, 5) is 25.1. The lowest BCUT2D eigenvalue weighted by molar-refractivity contribution is -0.128. The fraction of sp³-hybridized carbons (Fsp3) is 0.500. The van der Waals surface area contributed by atoms with Crippen molar-refractivity contribution in [1.82, 2.24) is 4.90 Å². The van der Waals surface area contributed by atoms with Crippen LogP contribution in [0.1, 0.15) is 47.2 Å². The van der Waals surface area contributed by atoms with E-state index in [-0.39, 0.29) is 11.7 Å². The van der Waals surface area contributed by atoms with Gasteiger partial charge in [-0.2, -0.15) is 0 Å². The smallest absolute Gasteiger partial charge is 0.222 e. The molecule has 0 saturated heterocycles. The largest absolute Gasteiger partial charge is 0.349 e. The zero-order valence-electron chi connectivity index (χ0n) is 11.7. The van der Waals surface area contributed by atoms with Gasteiger partial charge < -0.3 is 4.90 Å². The summed E-state index contributed by atoms with van der Waals surface area (Å²) in [5.74, 6) is 0.239. The van der Waals surface area contributed by atoms with Crippen LogP contribution in [0.15, 0.2) is 18.2 Å². The van der Waals surface area contributed by atoms with E-state index in [9.17, 15) is 9.59 Å². The third-order valence-corrected chi connectivity index (χ3v) is 3.71. The quantitative estimate of drug-likeness (QED) is 0.762. The van der Waals surface area contributed by atoms with Crippen molar-refractivity contribution in [3.05, 3.63) is 34.9 Å². The van der Waals surface area contributed by atoms with Crippen LogP contribution in [0.2, 0.25) is 0 Å². The van der Waals surface area contributed by atoms with E-state index < -0.39 is 0 Å². The maximum absolute atomic E-state index is 12.1. The topological polar surface area (TPSA) is 37.4 Å². The Kier molecular flexibility index (Phi) is 4.35. The summed E-state index contributed by atoms with van der Waals surface area (Å²) in [7, 11) is 3.48. The van der Waals surface area contributed by atoms with E-state index in [1.165, 1.54) is 17.5 Å². The zero-order chi connectivity index (χ0) is 13.8. The monoisotopic (exact) mass is 259 g/mol. The minimum absolute atomic E-state index is 0.0850. The molecule has 3 heteroatoms. The fourth-order valence-electron chi connectivity index (χ4n) is 2.51. The molecule has 0 aliphatic heterocycles. The van der Waals surface area contributed by atoms with E-state index in [0.717, 1.165) is 18.4 Å². The maximum atomic E-state index is 12.1. The molecule has 2 rings (SSSR count). The van der Waals surface area contributed by atoms with Gasteiger partial charge in [0.25, 0.3) is 0 Å². The second-order valence-electron chi connectivity index (χ2n) is 5.40. The third kappa shape index (κ3) is 3.43. The summed E-state index contributed by atoms with van der Waals surface area (Å²) >= 11 is 0. The number of ketones is 1. The lowest BCUT2D eigenvalue weighted by Crippen LogP contribution is -2.21. The molecule has 0 fully saturated rings. The number of carbonyl (C=O) groups is 2. The molecule has 0 unspecified atom stereocenters. The number of rotatable bonds is 5. The third-order valence-electron chi connectivity index (χ3n) is 3.71. The molecule has 1 aliphatic rings. The van der Waals surface area contributed by atoms with Crippen molar-refractivity contribution in [3.8, 4) is 0 Å². The molecule has 0 saturated carbocycles. The van der Waals surface area contributed by atoms with Gasteiger partial charge in [0.05, 0.1) is 0 Å². The van der Waals surface area contributed by atoms with Crippen molar-refractivity contribution in [2.75, 3.05) is 14.1 Å². The number of carbonyl (C=O) groups excluding carboxylic acids is 2. The lowest BCUT2D eigenvalue weighted by atomic mass is 10.0. The standard InChI is InChI=1S/C16H21NO2/c1-17(2)16(19)8-4-7-15(18)14-10-9-12-5-3-6-13(12)11-14/h9-11H,3-8H2,1-2H3. The van der Waals surface area contributed by atoms with E-state index in [1.54, 1.807) is 19.0 Å². The Hall–Kier alpha value is -1.64. The van der Waals surface area contributed by atoms with Gasteiger partial charge in [0.15, 0.2) is 5.78 Å². The van der Waals surface area contributed by atoms with E-state index in [4.69, 9.17) is 0 Å². The Morgan fingerprint density at radius 2 is 1.84 bits per heavy atom. The molecule has 0 heterocycles. The van der Waals surface area contributed by atoms with Crippen LogP contribution in [0.25, 0.3) is 0 Å². The van der Waals surface area contributed by atoms with E-state index in [2.05, 4.69) is 6.07 Å². The number of hydrogen-bond donors (Lipinski definition) is 0. The molecular weight excluding hydrogens is 238 g/mol. The molecule has 0 spiro atoms. The summed E-state index contributed by atoms with van der Waals surface area (Å²) in [6.07, 6.45) is 4.97. The van der Waals surface area contributed by atoms with Gasteiger partial charge in [-0.05, 0) is 42.9 Å². The number of fused-ring (bicyclic) bond motifs is 1. The Labute approximate surface area is 114 Å². The van der Waals surface area contributed by atoms with Crippen molar-refractivity contribution in [2.24, 2.45) is 0 Å². The maximum Gasteiger partial charge on any atom is 0.222 e. The molecule has 1 aromatic carbocycles. The average Bonchev–Trinajstić information content (AvgIpc) is 2.85. The van der Waals surface area contributed by atoms with Gasteiger partial charge in [-0.3, -0.25) is 9.59 Å².